The molecule has 0 aliphatic carbocycles. The van der Waals surface area contributed by atoms with E-state index in [2.05, 4.69) is 31.1 Å². The standard InChI is InChI=1S/C24H30N6O2S/c1-14-11-17(12-18-13-28(6)26-19(14)18)21-27-30-15(2)20(25-22(30)33-21)16-7-9-29(10-8-16)23(31)32-24(3,4)5/h11-13,16H,7-10H2,1-6H3. The summed E-state index contributed by atoms with van der Waals surface area (Å²) in [7, 11) is 1.94. The van der Waals surface area contributed by atoms with E-state index in [1.165, 1.54) is 0 Å². The zero-order chi connectivity index (χ0) is 23.5. The van der Waals surface area contributed by atoms with Crippen LogP contribution in [0.4, 0.5) is 4.79 Å². The van der Waals surface area contributed by atoms with Gasteiger partial charge >= 0.3 is 6.09 Å². The summed E-state index contributed by atoms with van der Waals surface area (Å²) < 4.78 is 9.34. The Balaban J connectivity index is 1.36. The average Bonchev–Trinajstić information content (AvgIpc) is 3.40. The van der Waals surface area contributed by atoms with Crippen molar-refractivity contribution in [3.63, 3.8) is 0 Å². The van der Waals surface area contributed by atoms with E-state index in [9.17, 15) is 4.79 Å². The van der Waals surface area contributed by atoms with Crippen LogP contribution in [0.3, 0.4) is 0 Å². The van der Waals surface area contributed by atoms with Gasteiger partial charge in [0.15, 0.2) is 0 Å². The molecule has 0 unspecified atom stereocenters. The largest absolute Gasteiger partial charge is 0.444 e. The van der Waals surface area contributed by atoms with Crippen LogP contribution in [-0.4, -0.2) is 54.1 Å². The highest BCUT2D eigenvalue weighted by Crippen LogP contribution is 2.35. The van der Waals surface area contributed by atoms with Gasteiger partial charge in [-0.05, 0) is 65.2 Å². The number of ether oxygens (including phenoxy) is 1. The van der Waals surface area contributed by atoms with E-state index in [1.54, 1.807) is 11.3 Å². The summed E-state index contributed by atoms with van der Waals surface area (Å²) >= 11 is 1.61. The van der Waals surface area contributed by atoms with Gasteiger partial charge in [-0.25, -0.2) is 14.3 Å². The van der Waals surface area contributed by atoms with Crippen LogP contribution >= 0.6 is 11.3 Å². The van der Waals surface area contributed by atoms with Gasteiger partial charge in [0.2, 0.25) is 4.96 Å². The first-order valence-electron chi connectivity index (χ1n) is 11.4. The number of likely N-dealkylation sites (tertiary alicyclic amines) is 1. The van der Waals surface area contributed by atoms with Crippen molar-refractivity contribution >= 4 is 33.3 Å². The molecular weight excluding hydrogens is 436 g/mol. The molecule has 0 radical (unpaired) electrons. The van der Waals surface area contributed by atoms with Gasteiger partial charge in [-0.3, -0.25) is 4.68 Å². The van der Waals surface area contributed by atoms with E-state index in [4.69, 9.17) is 14.8 Å². The maximum Gasteiger partial charge on any atom is 0.410 e. The normalized spacial score (nSPS) is 15.6. The molecule has 1 fully saturated rings. The van der Waals surface area contributed by atoms with Crippen LogP contribution in [-0.2, 0) is 11.8 Å². The molecule has 0 N–H and O–H groups in total. The number of carbonyl (C=O) groups is 1. The molecule has 1 aliphatic heterocycles. The lowest BCUT2D eigenvalue weighted by atomic mass is 9.93. The van der Waals surface area contributed by atoms with Gasteiger partial charge in [0.25, 0.3) is 0 Å². The second-order valence-electron chi connectivity index (χ2n) is 9.96. The van der Waals surface area contributed by atoms with E-state index in [0.29, 0.717) is 19.0 Å². The average molecular weight is 467 g/mol. The molecule has 3 aromatic heterocycles. The smallest absolute Gasteiger partial charge is 0.410 e. The summed E-state index contributed by atoms with van der Waals surface area (Å²) in [4.78, 5) is 20.1. The Hall–Kier alpha value is -2.94. The Morgan fingerprint density at radius 2 is 1.88 bits per heavy atom. The van der Waals surface area contributed by atoms with Gasteiger partial charge in [-0.15, -0.1) is 0 Å². The minimum Gasteiger partial charge on any atom is -0.444 e. The van der Waals surface area contributed by atoms with Crippen molar-refractivity contribution in [2.24, 2.45) is 7.05 Å². The molecule has 174 valence electrons. The van der Waals surface area contributed by atoms with Crippen LogP contribution in [0.5, 0.6) is 0 Å². The van der Waals surface area contributed by atoms with E-state index < -0.39 is 5.60 Å². The summed E-state index contributed by atoms with van der Waals surface area (Å²) in [6.45, 7) is 11.3. The minimum absolute atomic E-state index is 0.226. The van der Waals surface area contributed by atoms with Crippen molar-refractivity contribution in [1.82, 2.24) is 29.3 Å². The number of amides is 1. The van der Waals surface area contributed by atoms with Crippen LogP contribution in [0.1, 0.15) is 56.5 Å². The predicted molar refractivity (Wildman–Crippen MR) is 130 cm³/mol. The lowest BCUT2D eigenvalue weighted by Crippen LogP contribution is -2.41. The van der Waals surface area contributed by atoms with Crippen molar-refractivity contribution in [2.75, 3.05) is 13.1 Å². The van der Waals surface area contributed by atoms with Crippen LogP contribution in [0.2, 0.25) is 0 Å². The highest BCUT2D eigenvalue weighted by Gasteiger charge is 2.30. The number of benzene rings is 1. The minimum atomic E-state index is -0.470. The molecule has 4 aromatic rings. The summed E-state index contributed by atoms with van der Waals surface area (Å²) in [6, 6.07) is 4.30. The first kappa shape index (κ1) is 21.9. The molecule has 5 rings (SSSR count). The predicted octanol–water partition coefficient (Wildman–Crippen LogP) is 5.08. The first-order chi connectivity index (χ1) is 15.6. The van der Waals surface area contributed by atoms with Crippen LogP contribution in [0, 0.1) is 13.8 Å². The fourth-order valence-electron chi connectivity index (χ4n) is 4.58. The quantitative estimate of drug-likeness (QED) is 0.412. The zero-order valence-corrected chi connectivity index (χ0v) is 20.9. The number of hydrogen-bond acceptors (Lipinski definition) is 6. The molecule has 33 heavy (non-hydrogen) atoms. The summed E-state index contributed by atoms with van der Waals surface area (Å²) in [6.07, 6.45) is 3.58. The summed E-state index contributed by atoms with van der Waals surface area (Å²) in [5, 5.41) is 11.5. The molecule has 8 nitrogen and oxygen atoms in total. The number of carbonyl (C=O) groups excluding carboxylic acids is 1. The van der Waals surface area contributed by atoms with Crippen LogP contribution < -0.4 is 0 Å². The zero-order valence-electron chi connectivity index (χ0n) is 20.0. The van der Waals surface area contributed by atoms with Crippen LogP contribution in [0.15, 0.2) is 18.3 Å². The SMILES string of the molecule is Cc1cc(-c2nn3c(C)c(C4CCN(C(=O)OC(C)(C)C)CC4)nc3s2)cc2cn(C)nc12. The van der Waals surface area contributed by atoms with Gasteiger partial charge in [-0.2, -0.15) is 10.2 Å². The monoisotopic (exact) mass is 466 g/mol. The number of hydrogen-bond donors (Lipinski definition) is 0. The molecule has 4 heterocycles. The van der Waals surface area contributed by atoms with Gasteiger partial charge in [0.1, 0.15) is 10.6 Å². The number of rotatable bonds is 2. The Labute approximate surface area is 197 Å². The topological polar surface area (TPSA) is 77.5 Å². The molecule has 0 atom stereocenters. The highest BCUT2D eigenvalue weighted by molar-refractivity contribution is 7.19. The maximum atomic E-state index is 12.4. The molecule has 1 aliphatic rings. The van der Waals surface area contributed by atoms with E-state index in [1.807, 2.05) is 48.1 Å². The Kier molecular flexibility index (Phi) is 5.19. The van der Waals surface area contributed by atoms with E-state index in [0.717, 1.165) is 56.2 Å². The molecule has 0 spiro atoms. The Morgan fingerprint density at radius 3 is 2.55 bits per heavy atom. The fraction of sp³-hybridized carbons (Fsp3) is 0.500. The number of aromatic nitrogens is 5. The van der Waals surface area contributed by atoms with Gasteiger partial charge < -0.3 is 9.64 Å². The van der Waals surface area contributed by atoms with Crippen LogP contribution in [0.25, 0.3) is 26.4 Å². The van der Waals surface area contributed by atoms with Gasteiger partial charge in [0, 0.05) is 43.2 Å². The first-order valence-corrected chi connectivity index (χ1v) is 12.2. The van der Waals surface area contributed by atoms with Crippen molar-refractivity contribution in [3.8, 4) is 10.6 Å². The summed E-state index contributed by atoms with van der Waals surface area (Å²) in [5.41, 5.74) is 4.98. The van der Waals surface area contributed by atoms with Crippen molar-refractivity contribution in [3.05, 3.63) is 35.3 Å². The van der Waals surface area contributed by atoms with Crippen molar-refractivity contribution in [2.45, 2.75) is 59.0 Å². The summed E-state index contributed by atoms with van der Waals surface area (Å²) in [5.74, 6) is 0.329. The number of piperidine rings is 1. The molecule has 1 saturated heterocycles. The Bertz CT molecular complexity index is 1350. The Morgan fingerprint density at radius 1 is 1.15 bits per heavy atom. The lowest BCUT2D eigenvalue weighted by Gasteiger charge is -2.33. The number of nitrogens with zero attached hydrogens (tertiary/aromatic N) is 6. The third-order valence-corrected chi connectivity index (χ3v) is 7.12. The fourth-order valence-corrected chi connectivity index (χ4v) is 5.52. The number of imidazole rings is 1. The maximum absolute atomic E-state index is 12.4. The molecule has 1 aromatic carbocycles. The second kappa shape index (κ2) is 7.83. The number of fused-ring (bicyclic) bond motifs is 2. The van der Waals surface area contributed by atoms with E-state index >= 15 is 0 Å². The third-order valence-electron chi connectivity index (χ3n) is 6.16. The molecular formula is C24H30N6O2S. The van der Waals surface area contributed by atoms with Crippen molar-refractivity contribution < 1.29 is 9.53 Å². The van der Waals surface area contributed by atoms with Crippen molar-refractivity contribution in [1.29, 1.82) is 0 Å². The highest BCUT2D eigenvalue weighted by atomic mass is 32.1. The second-order valence-corrected chi connectivity index (χ2v) is 10.9. The number of aryl methyl sites for hydroxylation is 3. The molecule has 0 bridgehead atoms. The molecule has 1 amide bonds. The van der Waals surface area contributed by atoms with Gasteiger partial charge in [-0.1, -0.05) is 11.3 Å². The molecule has 9 heteroatoms. The van der Waals surface area contributed by atoms with Gasteiger partial charge in [0.05, 0.1) is 16.9 Å². The lowest BCUT2D eigenvalue weighted by molar-refractivity contribution is 0.0204. The third kappa shape index (κ3) is 4.10. The van der Waals surface area contributed by atoms with E-state index in [-0.39, 0.29) is 6.09 Å². The molecule has 0 saturated carbocycles.